The molecule has 21 heavy (non-hydrogen) atoms. The number of nitrogens with zero attached hydrogens (tertiary/aromatic N) is 1. The normalized spacial score (nSPS) is 12.4. The Morgan fingerprint density at radius 3 is 2.52 bits per heavy atom. The second kappa shape index (κ2) is 9.53. The zero-order valence-corrected chi connectivity index (χ0v) is 13.6. The zero-order chi connectivity index (χ0) is 15.7. The van der Waals surface area contributed by atoms with Crippen molar-refractivity contribution in [2.45, 2.75) is 52.6 Å². The fourth-order valence-electron chi connectivity index (χ4n) is 2.38. The van der Waals surface area contributed by atoms with Gasteiger partial charge in [0.05, 0.1) is 0 Å². The first-order valence-corrected chi connectivity index (χ1v) is 7.96. The van der Waals surface area contributed by atoms with Gasteiger partial charge in [-0.05, 0) is 31.1 Å². The van der Waals surface area contributed by atoms with Crippen LogP contribution in [0, 0.1) is 0 Å². The molecule has 1 aromatic rings. The van der Waals surface area contributed by atoms with Gasteiger partial charge in [-0.1, -0.05) is 45.4 Å². The van der Waals surface area contributed by atoms with Crippen molar-refractivity contribution in [2.75, 3.05) is 18.4 Å². The highest BCUT2D eigenvalue weighted by molar-refractivity contribution is 5.91. The van der Waals surface area contributed by atoms with Crippen molar-refractivity contribution >= 4 is 11.6 Å². The van der Waals surface area contributed by atoms with E-state index >= 15 is 0 Å². The quantitative estimate of drug-likeness (QED) is 0.735. The summed E-state index contributed by atoms with van der Waals surface area (Å²) >= 11 is 0. The molecule has 1 atom stereocenters. The summed E-state index contributed by atoms with van der Waals surface area (Å²) in [6.45, 7) is 9.23. The first-order valence-electron chi connectivity index (χ1n) is 7.96. The van der Waals surface area contributed by atoms with E-state index in [1.807, 2.05) is 18.2 Å². The average molecular weight is 291 g/mol. The molecule has 0 aliphatic rings. The molecule has 0 saturated carbocycles. The van der Waals surface area contributed by atoms with Gasteiger partial charge in [0.1, 0.15) is 0 Å². The first-order chi connectivity index (χ1) is 10.1. The number of carbonyl (C=O) groups is 1. The molecule has 0 bridgehead atoms. The standard InChI is InChI=1S/C17H29N3O/c1-4-9-15(18)12-17(21)19-16-11-8-7-10-14(16)13-20(5-2)6-3/h7-8,10-11,15H,4-6,9,12-13,18H2,1-3H3,(H,19,21). The molecule has 1 amide bonds. The monoisotopic (exact) mass is 291 g/mol. The Kier molecular flexibility index (Phi) is 8.01. The molecule has 0 spiro atoms. The van der Waals surface area contributed by atoms with Gasteiger partial charge >= 0.3 is 0 Å². The second-order valence-corrected chi connectivity index (χ2v) is 5.42. The maximum Gasteiger partial charge on any atom is 0.225 e. The molecular formula is C17H29N3O. The number of rotatable bonds is 9. The van der Waals surface area contributed by atoms with E-state index < -0.39 is 0 Å². The molecule has 0 aliphatic carbocycles. The van der Waals surface area contributed by atoms with E-state index in [1.54, 1.807) is 0 Å². The van der Waals surface area contributed by atoms with Crippen LogP contribution in [0.2, 0.25) is 0 Å². The molecule has 0 radical (unpaired) electrons. The Hall–Kier alpha value is -1.39. The van der Waals surface area contributed by atoms with Gasteiger partial charge in [-0.25, -0.2) is 0 Å². The lowest BCUT2D eigenvalue weighted by molar-refractivity contribution is -0.116. The van der Waals surface area contributed by atoms with Gasteiger partial charge in [-0.3, -0.25) is 9.69 Å². The smallest absolute Gasteiger partial charge is 0.225 e. The lowest BCUT2D eigenvalue weighted by Crippen LogP contribution is -2.28. The number of benzene rings is 1. The highest BCUT2D eigenvalue weighted by Gasteiger charge is 2.12. The Bertz CT molecular complexity index is 430. The van der Waals surface area contributed by atoms with Crippen LogP contribution in [-0.4, -0.2) is 29.9 Å². The van der Waals surface area contributed by atoms with E-state index in [2.05, 4.69) is 37.1 Å². The topological polar surface area (TPSA) is 58.4 Å². The Morgan fingerprint density at radius 1 is 1.24 bits per heavy atom. The SMILES string of the molecule is CCCC(N)CC(=O)Nc1ccccc1CN(CC)CC. The van der Waals surface area contributed by atoms with Gasteiger partial charge < -0.3 is 11.1 Å². The van der Waals surface area contributed by atoms with Crippen molar-refractivity contribution in [3.8, 4) is 0 Å². The number of nitrogens with one attached hydrogen (secondary N) is 1. The van der Waals surface area contributed by atoms with Gasteiger partial charge in [0.2, 0.25) is 5.91 Å². The maximum absolute atomic E-state index is 12.1. The molecule has 0 heterocycles. The summed E-state index contributed by atoms with van der Waals surface area (Å²) in [6.07, 6.45) is 2.27. The van der Waals surface area contributed by atoms with Crippen molar-refractivity contribution in [1.82, 2.24) is 4.90 Å². The number of anilines is 1. The van der Waals surface area contributed by atoms with E-state index in [9.17, 15) is 4.79 Å². The minimum absolute atomic E-state index is 0.00273. The molecule has 0 fully saturated rings. The Morgan fingerprint density at radius 2 is 1.90 bits per heavy atom. The molecule has 1 rings (SSSR count). The number of carbonyl (C=O) groups excluding carboxylic acids is 1. The van der Waals surface area contributed by atoms with Gasteiger partial charge in [-0.15, -0.1) is 0 Å². The molecule has 4 nitrogen and oxygen atoms in total. The fourth-order valence-corrected chi connectivity index (χ4v) is 2.38. The summed E-state index contributed by atoms with van der Waals surface area (Å²) in [4.78, 5) is 14.4. The van der Waals surface area contributed by atoms with E-state index in [0.29, 0.717) is 6.42 Å². The summed E-state index contributed by atoms with van der Waals surface area (Å²) in [5.41, 5.74) is 7.98. The van der Waals surface area contributed by atoms with Gasteiger partial charge in [0, 0.05) is 24.7 Å². The van der Waals surface area contributed by atoms with Gasteiger partial charge in [0.25, 0.3) is 0 Å². The van der Waals surface area contributed by atoms with Crippen LogP contribution < -0.4 is 11.1 Å². The first kappa shape index (κ1) is 17.7. The number of para-hydroxylation sites is 1. The molecule has 4 heteroatoms. The highest BCUT2D eigenvalue weighted by atomic mass is 16.1. The summed E-state index contributed by atoms with van der Waals surface area (Å²) in [7, 11) is 0. The summed E-state index contributed by atoms with van der Waals surface area (Å²) in [5.74, 6) is 0.00273. The number of amides is 1. The van der Waals surface area contributed by atoms with Crippen molar-refractivity contribution in [2.24, 2.45) is 5.73 Å². The third-order valence-electron chi connectivity index (χ3n) is 3.69. The van der Waals surface area contributed by atoms with Crippen LogP contribution in [0.15, 0.2) is 24.3 Å². The molecule has 0 saturated heterocycles. The molecule has 0 aliphatic heterocycles. The van der Waals surface area contributed by atoms with Gasteiger partial charge in [-0.2, -0.15) is 0 Å². The van der Waals surface area contributed by atoms with E-state index in [-0.39, 0.29) is 11.9 Å². The highest BCUT2D eigenvalue weighted by Crippen LogP contribution is 2.17. The third kappa shape index (κ3) is 6.27. The molecule has 3 N–H and O–H groups in total. The fraction of sp³-hybridized carbons (Fsp3) is 0.588. The molecule has 118 valence electrons. The van der Waals surface area contributed by atoms with Crippen molar-refractivity contribution in [1.29, 1.82) is 0 Å². The zero-order valence-electron chi connectivity index (χ0n) is 13.6. The van der Waals surface area contributed by atoms with Crippen LogP contribution in [0.1, 0.15) is 45.6 Å². The average Bonchev–Trinajstić information content (AvgIpc) is 2.46. The largest absolute Gasteiger partial charge is 0.327 e. The van der Waals surface area contributed by atoms with E-state index in [0.717, 1.165) is 43.7 Å². The van der Waals surface area contributed by atoms with Crippen LogP contribution >= 0.6 is 0 Å². The number of nitrogens with two attached hydrogens (primary N) is 1. The van der Waals surface area contributed by atoms with E-state index in [1.165, 1.54) is 0 Å². The van der Waals surface area contributed by atoms with Crippen LogP contribution in [0.3, 0.4) is 0 Å². The lowest BCUT2D eigenvalue weighted by Gasteiger charge is -2.20. The predicted molar refractivity (Wildman–Crippen MR) is 89.2 cm³/mol. The molecule has 0 aromatic heterocycles. The van der Waals surface area contributed by atoms with Crippen LogP contribution in [0.5, 0.6) is 0 Å². The molecule has 1 aromatic carbocycles. The van der Waals surface area contributed by atoms with E-state index in [4.69, 9.17) is 5.73 Å². The van der Waals surface area contributed by atoms with Gasteiger partial charge in [0.15, 0.2) is 0 Å². The van der Waals surface area contributed by atoms with Crippen molar-refractivity contribution < 1.29 is 4.79 Å². The summed E-state index contributed by atoms with van der Waals surface area (Å²) < 4.78 is 0. The Balaban J connectivity index is 2.68. The summed E-state index contributed by atoms with van der Waals surface area (Å²) in [6, 6.07) is 7.94. The number of hydrogen-bond donors (Lipinski definition) is 2. The predicted octanol–water partition coefficient (Wildman–Crippen LogP) is 2.98. The lowest BCUT2D eigenvalue weighted by atomic mass is 10.1. The van der Waals surface area contributed by atoms with Crippen molar-refractivity contribution in [3.63, 3.8) is 0 Å². The second-order valence-electron chi connectivity index (χ2n) is 5.42. The molecular weight excluding hydrogens is 262 g/mol. The van der Waals surface area contributed by atoms with Crippen LogP contribution in [-0.2, 0) is 11.3 Å². The minimum Gasteiger partial charge on any atom is -0.327 e. The third-order valence-corrected chi connectivity index (χ3v) is 3.69. The van der Waals surface area contributed by atoms with Crippen LogP contribution in [0.4, 0.5) is 5.69 Å². The van der Waals surface area contributed by atoms with Crippen LogP contribution in [0.25, 0.3) is 0 Å². The minimum atomic E-state index is -0.0510. The number of hydrogen-bond acceptors (Lipinski definition) is 3. The molecule has 1 unspecified atom stereocenters. The maximum atomic E-state index is 12.1. The van der Waals surface area contributed by atoms with Crippen molar-refractivity contribution in [3.05, 3.63) is 29.8 Å². The Labute approximate surface area is 128 Å². The summed E-state index contributed by atoms with van der Waals surface area (Å²) in [5, 5.41) is 3.01.